The van der Waals surface area contributed by atoms with Gasteiger partial charge in [0.1, 0.15) is 0 Å². The van der Waals surface area contributed by atoms with Gasteiger partial charge in [0.2, 0.25) is 0 Å². The van der Waals surface area contributed by atoms with E-state index in [2.05, 4.69) is 89.9 Å². The van der Waals surface area contributed by atoms with Crippen LogP contribution in [0.4, 0.5) is 11.4 Å². The number of benzene rings is 3. The van der Waals surface area contributed by atoms with Crippen molar-refractivity contribution in [2.75, 3.05) is 4.90 Å². The fourth-order valence-corrected chi connectivity index (χ4v) is 4.25. The standard InChI is InChI=1S/C24H18ClN/c25-18-15-13-17(14-16-18)19-7-1-4-10-22(19)26-23-11-5-2-8-20(23)21-9-3-6-12-24(21)26/h1-16,20,23H. The summed E-state index contributed by atoms with van der Waals surface area (Å²) in [5, 5.41) is 0.762. The lowest BCUT2D eigenvalue weighted by molar-refractivity contribution is 0.745. The molecule has 0 saturated heterocycles. The molecular formula is C24H18ClN. The third-order valence-corrected chi connectivity index (χ3v) is 5.53. The summed E-state index contributed by atoms with van der Waals surface area (Å²) in [5.74, 6) is 0.398. The van der Waals surface area contributed by atoms with E-state index in [0.29, 0.717) is 12.0 Å². The van der Waals surface area contributed by atoms with Crippen molar-refractivity contribution in [3.8, 4) is 11.1 Å². The van der Waals surface area contributed by atoms with Crippen LogP contribution in [0.25, 0.3) is 11.1 Å². The van der Waals surface area contributed by atoms with Gasteiger partial charge in [-0.05, 0) is 35.4 Å². The van der Waals surface area contributed by atoms with Gasteiger partial charge in [-0.2, -0.15) is 0 Å². The van der Waals surface area contributed by atoms with Crippen LogP contribution in [0.3, 0.4) is 0 Å². The van der Waals surface area contributed by atoms with Crippen molar-refractivity contribution in [3.05, 3.63) is 108 Å². The Morgan fingerprint density at radius 3 is 2.23 bits per heavy atom. The molecule has 0 aromatic heterocycles. The Kier molecular flexibility index (Phi) is 3.69. The van der Waals surface area contributed by atoms with E-state index in [1.165, 1.54) is 28.1 Å². The molecule has 0 amide bonds. The van der Waals surface area contributed by atoms with Crippen molar-refractivity contribution < 1.29 is 0 Å². The third-order valence-electron chi connectivity index (χ3n) is 5.28. The van der Waals surface area contributed by atoms with Crippen molar-refractivity contribution in [1.29, 1.82) is 0 Å². The highest BCUT2D eigenvalue weighted by molar-refractivity contribution is 6.30. The lowest BCUT2D eigenvalue weighted by atomic mass is 9.91. The quantitative estimate of drug-likeness (QED) is 0.492. The number of para-hydroxylation sites is 2. The van der Waals surface area contributed by atoms with Crippen LogP contribution < -0.4 is 4.90 Å². The first-order valence-corrected chi connectivity index (χ1v) is 9.29. The second-order valence-electron chi connectivity index (χ2n) is 6.74. The van der Waals surface area contributed by atoms with Crippen LogP contribution in [-0.2, 0) is 0 Å². The highest BCUT2D eigenvalue weighted by atomic mass is 35.5. The zero-order valence-electron chi connectivity index (χ0n) is 14.2. The van der Waals surface area contributed by atoms with Crippen LogP contribution in [-0.4, -0.2) is 6.04 Å². The average Bonchev–Trinajstić information content (AvgIpc) is 3.03. The van der Waals surface area contributed by atoms with Gasteiger partial charge in [-0.1, -0.05) is 84.4 Å². The Balaban J connectivity index is 1.70. The predicted molar refractivity (Wildman–Crippen MR) is 110 cm³/mol. The highest BCUT2D eigenvalue weighted by Gasteiger charge is 2.37. The van der Waals surface area contributed by atoms with Gasteiger partial charge in [0.05, 0.1) is 6.04 Å². The molecule has 0 bridgehead atoms. The maximum atomic E-state index is 6.10. The minimum absolute atomic E-state index is 0.311. The molecular weight excluding hydrogens is 338 g/mol. The summed E-state index contributed by atoms with van der Waals surface area (Å²) in [6.45, 7) is 0. The Morgan fingerprint density at radius 2 is 1.38 bits per heavy atom. The molecule has 3 aromatic carbocycles. The van der Waals surface area contributed by atoms with E-state index in [1.807, 2.05) is 12.1 Å². The van der Waals surface area contributed by atoms with Gasteiger partial charge in [0.25, 0.3) is 0 Å². The van der Waals surface area contributed by atoms with Crippen LogP contribution >= 0.6 is 11.6 Å². The number of halogens is 1. The van der Waals surface area contributed by atoms with Gasteiger partial charge in [-0.3, -0.25) is 0 Å². The van der Waals surface area contributed by atoms with Gasteiger partial charge in [-0.15, -0.1) is 0 Å². The molecule has 2 aliphatic rings. The molecule has 0 radical (unpaired) electrons. The SMILES string of the molecule is Clc1ccc(-c2ccccc2N2c3ccccc3C3C=CC=CC32)cc1. The maximum Gasteiger partial charge on any atom is 0.0629 e. The smallest absolute Gasteiger partial charge is 0.0629 e. The zero-order valence-corrected chi connectivity index (χ0v) is 15.0. The largest absolute Gasteiger partial charge is 0.333 e. The van der Waals surface area contributed by atoms with Crippen LogP contribution in [0.2, 0.25) is 5.02 Å². The maximum absolute atomic E-state index is 6.10. The number of allylic oxidation sites excluding steroid dienone is 2. The van der Waals surface area contributed by atoms with Gasteiger partial charge in [0, 0.05) is 27.9 Å². The summed E-state index contributed by atoms with van der Waals surface area (Å²) < 4.78 is 0. The second-order valence-corrected chi connectivity index (χ2v) is 7.18. The normalized spacial score (nSPS) is 20.1. The highest BCUT2D eigenvalue weighted by Crippen LogP contribution is 2.49. The monoisotopic (exact) mass is 355 g/mol. The number of rotatable bonds is 2. The second kappa shape index (κ2) is 6.19. The number of nitrogens with zero attached hydrogens (tertiary/aromatic N) is 1. The molecule has 1 aliphatic heterocycles. The summed E-state index contributed by atoms with van der Waals surface area (Å²) in [4.78, 5) is 2.48. The van der Waals surface area contributed by atoms with Gasteiger partial charge >= 0.3 is 0 Å². The zero-order chi connectivity index (χ0) is 17.5. The molecule has 1 nitrogen and oxygen atoms in total. The molecule has 0 N–H and O–H groups in total. The molecule has 1 heterocycles. The van der Waals surface area contributed by atoms with Crippen molar-refractivity contribution in [1.82, 2.24) is 0 Å². The topological polar surface area (TPSA) is 3.24 Å². The molecule has 5 rings (SSSR count). The summed E-state index contributed by atoms with van der Waals surface area (Å²) in [7, 11) is 0. The van der Waals surface area contributed by atoms with E-state index in [9.17, 15) is 0 Å². The summed E-state index contributed by atoms with van der Waals surface area (Å²) >= 11 is 6.10. The third kappa shape index (κ3) is 2.40. The predicted octanol–water partition coefficient (Wildman–Crippen LogP) is 6.74. The Hall–Kier alpha value is -2.77. The molecule has 126 valence electrons. The lowest BCUT2D eigenvalue weighted by Gasteiger charge is -2.30. The Bertz CT molecular complexity index is 1020. The van der Waals surface area contributed by atoms with Crippen LogP contribution in [0.15, 0.2) is 97.1 Å². The first-order valence-electron chi connectivity index (χ1n) is 8.91. The van der Waals surface area contributed by atoms with E-state index in [1.54, 1.807) is 0 Å². The van der Waals surface area contributed by atoms with E-state index in [0.717, 1.165) is 5.02 Å². The number of anilines is 2. The lowest BCUT2D eigenvalue weighted by Crippen LogP contribution is -2.28. The van der Waals surface area contributed by atoms with E-state index >= 15 is 0 Å². The van der Waals surface area contributed by atoms with E-state index in [4.69, 9.17) is 11.6 Å². The molecule has 3 aromatic rings. The average molecular weight is 356 g/mol. The van der Waals surface area contributed by atoms with Gasteiger partial charge in [-0.25, -0.2) is 0 Å². The first-order chi connectivity index (χ1) is 12.8. The molecule has 0 fully saturated rings. The van der Waals surface area contributed by atoms with Crippen molar-refractivity contribution in [2.45, 2.75) is 12.0 Å². The van der Waals surface area contributed by atoms with Crippen LogP contribution in [0.1, 0.15) is 11.5 Å². The van der Waals surface area contributed by atoms with Crippen LogP contribution in [0, 0.1) is 0 Å². The molecule has 0 saturated carbocycles. The molecule has 2 heteroatoms. The van der Waals surface area contributed by atoms with Gasteiger partial charge < -0.3 is 4.90 Å². The number of hydrogen-bond acceptors (Lipinski definition) is 1. The first kappa shape index (κ1) is 15.5. The van der Waals surface area contributed by atoms with Crippen molar-refractivity contribution >= 4 is 23.0 Å². The minimum Gasteiger partial charge on any atom is -0.333 e. The fourth-order valence-electron chi connectivity index (χ4n) is 4.13. The minimum atomic E-state index is 0.311. The van der Waals surface area contributed by atoms with Crippen molar-refractivity contribution in [2.24, 2.45) is 0 Å². The number of hydrogen-bond donors (Lipinski definition) is 0. The molecule has 2 unspecified atom stereocenters. The molecule has 0 spiro atoms. The van der Waals surface area contributed by atoms with E-state index < -0.39 is 0 Å². The summed E-state index contributed by atoms with van der Waals surface area (Å²) in [5.41, 5.74) is 6.32. The van der Waals surface area contributed by atoms with Crippen LogP contribution in [0.5, 0.6) is 0 Å². The molecule has 26 heavy (non-hydrogen) atoms. The Morgan fingerprint density at radius 1 is 0.692 bits per heavy atom. The van der Waals surface area contributed by atoms with E-state index in [-0.39, 0.29) is 0 Å². The molecule has 2 atom stereocenters. The number of fused-ring (bicyclic) bond motifs is 3. The summed E-state index contributed by atoms with van der Waals surface area (Å²) in [6, 6.07) is 25.8. The molecule has 1 aliphatic carbocycles. The van der Waals surface area contributed by atoms with Gasteiger partial charge in [0.15, 0.2) is 0 Å². The summed E-state index contributed by atoms with van der Waals surface area (Å²) in [6.07, 6.45) is 8.94. The fraction of sp³-hybridized carbons (Fsp3) is 0.0833. The Labute approximate surface area is 158 Å². The van der Waals surface area contributed by atoms with Crippen molar-refractivity contribution in [3.63, 3.8) is 0 Å².